The number of piperazine rings is 1. The number of amides is 2. The lowest BCUT2D eigenvalue weighted by molar-refractivity contribution is -0.301. The van der Waals surface area contributed by atoms with Crippen LogP contribution in [0.2, 0.25) is 0 Å². The van der Waals surface area contributed by atoms with Gasteiger partial charge in [-0.05, 0) is 19.1 Å². The highest BCUT2D eigenvalue weighted by Gasteiger charge is 2.25. The minimum absolute atomic E-state index is 0.103. The maximum absolute atomic E-state index is 12.3. The Balaban J connectivity index is 1.99. The fourth-order valence-corrected chi connectivity index (χ4v) is 2.20. The van der Waals surface area contributed by atoms with Gasteiger partial charge in [-0.3, -0.25) is 9.59 Å². The van der Waals surface area contributed by atoms with Crippen LogP contribution in [0.15, 0.2) is 24.3 Å². The summed E-state index contributed by atoms with van der Waals surface area (Å²) in [6, 6.07) is 7.28. The Morgan fingerprint density at radius 2 is 1.65 bits per heavy atom. The van der Waals surface area contributed by atoms with Crippen molar-refractivity contribution in [3.8, 4) is 0 Å². The molecule has 20 heavy (non-hydrogen) atoms. The molecule has 1 aromatic rings. The molecule has 0 radical (unpaired) electrons. The van der Waals surface area contributed by atoms with E-state index in [4.69, 9.17) is 0 Å². The standard InChI is InChI=1S/C14H16N2O4/c1-10-3-2-4-11(9-10)12(17)15-5-7-16(8-6-15)13(18)14(19)20/h2-4,9H,5-8H2,1H3,(H,19,20)/p-1. The van der Waals surface area contributed by atoms with Crippen LogP contribution >= 0.6 is 0 Å². The molecule has 0 atom stereocenters. The van der Waals surface area contributed by atoms with Gasteiger partial charge in [0.2, 0.25) is 0 Å². The third-order valence-electron chi connectivity index (χ3n) is 3.29. The van der Waals surface area contributed by atoms with Crippen LogP contribution in [0, 0.1) is 6.92 Å². The number of aliphatic carboxylic acids is 1. The van der Waals surface area contributed by atoms with Gasteiger partial charge in [0.05, 0.1) is 0 Å². The van der Waals surface area contributed by atoms with Crippen molar-refractivity contribution >= 4 is 17.8 Å². The molecule has 2 amide bonds. The van der Waals surface area contributed by atoms with Gasteiger partial charge in [0.25, 0.3) is 11.8 Å². The van der Waals surface area contributed by atoms with Crippen LogP contribution in [0.1, 0.15) is 15.9 Å². The molecule has 0 aliphatic carbocycles. The first-order valence-electron chi connectivity index (χ1n) is 6.35. The summed E-state index contributed by atoms with van der Waals surface area (Å²) in [5, 5.41) is 10.5. The van der Waals surface area contributed by atoms with E-state index in [9.17, 15) is 19.5 Å². The van der Waals surface area contributed by atoms with E-state index >= 15 is 0 Å². The molecule has 6 heteroatoms. The summed E-state index contributed by atoms with van der Waals surface area (Å²) in [4.78, 5) is 36.8. The summed E-state index contributed by atoms with van der Waals surface area (Å²) < 4.78 is 0. The van der Waals surface area contributed by atoms with Crippen molar-refractivity contribution in [2.24, 2.45) is 0 Å². The van der Waals surface area contributed by atoms with Crippen molar-refractivity contribution in [1.29, 1.82) is 0 Å². The third kappa shape index (κ3) is 2.96. The second-order valence-corrected chi connectivity index (χ2v) is 4.74. The van der Waals surface area contributed by atoms with Gasteiger partial charge >= 0.3 is 0 Å². The van der Waals surface area contributed by atoms with Gasteiger partial charge in [-0.1, -0.05) is 17.7 Å². The monoisotopic (exact) mass is 275 g/mol. The molecule has 0 spiro atoms. The van der Waals surface area contributed by atoms with Crippen LogP contribution in [0.3, 0.4) is 0 Å². The molecule has 0 N–H and O–H groups in total. The minimum Gasteiger partial charge on any atom is -0.540 e. The molecule has 1 aliphatic heterocycles. The number of carboxylic acids is 1. The highest BCUT2D eigenvalue weighted by atomic mass is 16.4. The largest absolute Gasteiger partial charge is 0.540 e. The number of aryl methyl sites for hydroxylation is 1. The number of nitrogens with zero attached hydrogens (tertiary/aromatic N) is 2. The Labute approximate surface area is 116 Å². The fourth-order valence-electron chi connectivity index (χ4n) is 2.20. The number of carbonyl (C=O) groups is 3. The van der Waals surface area contributed by atoms with Gasteiger partial charge in [0, 0.05) is 31.7 Å². The van der Waals surface area contributed by atoms with Crippen LogP contribution in [0.25, 0.3) is 0 Å². The van der Waals surface area contributed by atoms with Crippen molar-refractivity contribution in [1.82, 2.24) is 9.80 Å². The van der Waals surface area contributed by atoms with Gasteiger partial charge in [-0.15, -0.1) is 0 Å². The Hall–Kier alpha value is -2.37. The molecule has 1 aliphatic rings. The molecule has 106 valence electrons. The molecule has 0 bridgehead atoms. The van der Waals surface area contributed by atoms with E-state index < -0.39 is 11.9 Å². The first kappa shape index (κ1) is 14.0. The number of benzene rings is 1. The highest BCUT2D eigenvalue weighted by Crippen LogP contribution is 2.10. The van der Waals surface area contributed by atoms with E-state index in [2.05, 4.69) is 0 Å². The maximum atomic E-state index is 12.3. The zero-order valence-corrected chi connectivity index (χ0v) is 11.2. The second-order valence-electron chi connectivity index (χ2n) is 4.74. The Kier molecular flexibility index (Phi) is 4.02. The first-order valence-corrected chi connectivity index (χ1v) is 6.35. The average molecular weight is 275 g/mol. The maximum Gasteiger partial charge on any atom is 0.269 e. The van der Waals surface area contributed by atoms with E-state index in [1.54, 1.807) is 17.0 Å². The predicted molar refractivity (Wildman–Crippen MR) is 68.7 cm³/mol. The van der Waals surface area contributed by atoms with Crippen LogP contribution in [0.5, 0.6) is 0 Å². The molecule has 1 saturated heterocycles. The van der Waals surface area contributed by atoms with Gasteiger partial charge in [0.1, 0.15) is 5.97 Å². The summed E-state index contributed by atoms with van der Waals surface area (Å²) in [5.41, 5.74) is 1.60. The molecule has 0 saturated carbocycles. The molecule has 0 aromatic heterocycles. The molecule has 6 nitrogen and oxygen atoms in total. The highest BCUT2D eigenvalue weighted by molar-refractivity contribution is 6.30. The third-order valence-corrected chi connectivity index (χ3v) is 3.29. The molecule has 2 rings (SSSR count). The number of hydrogen-bond acceptors (Lipinski definition) is 4. The fraction of sp³-hybridized carbons (Fsp3) is 0.357. The first-order chi connectivity index (χ1) is 9.49. The van der Waals surface area contributed by atoms with E-state index in [0.717, 1.165) is 5.56 Å². The van der Waals surface area contributed by atoms with E-state index in [-0.39, 0.29) is 19.0 Å². The predicted octanol–water partition coefficient (Wildman–Crippen LogP) is -0.971. The number of carboxylic acid groups (broad SMARTS) is 1. The van der Waals surface area contributed by atoms with Crippen LogP contribution < -0.4 is 5.11 Å². The SMILES string of the molecule is Cc1cccc(C(=O)N2CCN(C(=O)C(=O)[O-])CC2)c1. The minimum atomic E-state index is -1.71. The summed E-state index contributed by atoms with van der Waals surface area (Å²) >= 11 is 0. The molecular formula is C14H15N2O4-. The lowest BCUT2D eigenvalue weighted by Gasteiger charge is -2.34. The normalized spacial score (nSPS) is 15.1. The average Bonchev–Trinajstić information content (AvgIpc) is 2.46. The van der Waals surface area contributed by atoms with Crippen molar-refractivity contribution in [2.75, 3.05) is 26.2 Å². The molecule has 1 fully saturated rings. The van der Waals surface area contributed by atoms with Crippen LogP contribution in [-0.2, 0) is 9.59 Å². The van der Waals surface area contributed by atoms with Crippen molar-refractivity contribution < 1.29 is 19.5 Å². The van der Waals surface area contributed by atoms with E-state index in [1.165, 1.54) is 4.90 Å². The van der Waals surface area contributed by atoms with E-state index in [1.807, 2.05) is 19.1 Å². The van der Waals surface area contributed by atoms with Gasteiger partial charge < -0.3 is 19.7 Å². The molecule has 0 unspecified atom stereocenters. The Bertz CT molecular complexity index is 548. The van der Waals surface area contributed by atoms with Crippen LogP contribution in [-0.4, -0.2) is 53.8 Å². The smallest absolute Gasteiger partial charge is 0.269 e. The summed E-state index contributed by atoms with van der Waals surface area (Å²) in [6.45, 7) is 2.99. The zero-order valence-electron chi connectivity index (χ0n) is 11.2. The quantitative estimate of drug-likeness (QED) is 0.618. The van der Waals surface area contributed by atoms with Gasteiger partial charge in [-0.2, -0.15) is 0 Å². The van der Waals surface area contributed by atoms with Gasteiger partial charge in [0.15, 0.2) is 0 Å². The molecular weight excluding hydrogens is 260 g/mol. The molecule has 1 heterocycles. The number of rotatable bonds is 1. The van der Waals surface area contributed by atoms with Gasteiger partial charge in [-0.25, -0.2) is 0 Å². The Morgan fingerprint density at radius 1 is 1.05 bits per heavy atom. The zero-order chi connectivity index (χ0) is 14.7. The number of hydrogen-bond donors (Lipinski definition) is 0. The summed E-state index contributed by atoms with van der Waals surface area (Å²) in [6.07, 6.45) is 0. The van der Waals surface area contributed by atoms with Crippen molar-refractivity contribution in [2.45, 2.75) is 6.92 Å². The lowest BCUT2D eigenvalue weighted by Crippen LogP contribution is -2.54. The lowest BCUT2D eigenvalue weighted by atomic mass is 10.1. The van der Waals surface area contributed by atoms with Crippen LogP contribution in [0.4, 0.5) is 0 Å². The number of carbonyl (C=O) groups excluding carboxylic acids is 3. The molecule has 1 aromatic carbocycles. The Morgan fingerprint density at radius 3 is 2.20 bits per heavy atom. The summed E-state index contributed by atoms with van der Waals surface area (Å²) in [7, 11) is 0. The van der Waals surface area contributed by atoms with Crippen molar-refractivity contribution in [3.63, 3.8) is 0 Å². The topological polar surface area (TPSA) is 80.8 Å². The van der Waals surface area contributed by atoms with E-state index in [0.29, 0.717) is 18.7 Å². The second kappa shape index (κ2) is 5.73. The summed E-state index contributed by atoms with van der Waals surface area (Å²) in [5.74, 6) is -2.83. The van der Waals surface area contributed by atoms with Crippen molar-refractivity contribution in [3.05, 3.63) is 35.4 Å².